The van der Waals surface area contributed by atoms with Crippen LogP contribution in [0.5, 0.6) is 5.75 Å². The average molecular weight is 267 g/mol. The van der Waals surface area contributed by atoms with E-state index in [1.54, 1.807) is 0 Å². The van der Waals surface area contributed by atoms with E-state index in [4.69, 9.17) is 10.5 Å². The first kappa shape index (κ1) is 13.2. The third-order valence-corrected chi connectivity index (χ3v) is 4.17. The quantitative estimate of drug-likeness (QED) is 0.886. The summed E-state index contributed by atoms with van der Waals surface area (Å²) in [5.74, 6) is 1.55. The predicted octanol–water partition coefficient (Wildman–Crippen LogP) is 4.07. The lowest BCUT2D eigenvalue weighted by atomic mass is 9.77. The minimum atomic E-state index is 0.107. The zero-order valence-corrected chi connectivity index (χ0v) is 11.7. The molecule has 1 fully saturated rings. The van der Waals surface area contributed by atoms with Gasteiger partial charge in [-0.1, -0.05) is 55.0 Å². The van der Waals surface area contributed by atoms with Crippen molar-refractivity contribution in [2.45, 2.75) is 31.9 Å². The standard InChI is InChI=1S/C18H21NO/c19-18(15-9-6-10-15)16-11-4-5-12-17(16)20-13-14-7-2-1-3-8-14/h1-5,7-8,11-12,15,18H,6,9-10,13,19H2/t18-/m0/s1. The molecule has 2 nitrogen and oxygen atoms in total. The Kier molecular flexibility index (Phi) is 4.03. The van der Waals surface area contributed by atoms with Crippen LogP contribution >= 0.6 is 0 Å². The van der Waals surface area contributed by atoms with Crippen LogP contribution in [0.4, 0.5) is 0 Å². The van der Waals surface area contributed by atoms with Crippen molar-refractivity contribution in [3.05, 3.63) is 65.7 Å². The molecule has 0 saturated heterocycles. The molecular formula is C18H21NO. The summed E-state index contributed by atoms with van der Waals surface area (Å²) in [5.41, 5.74) is 8.72. The highest BCUT2D eigenvalue weighted by molar-refractivity contribution is 5.36. The van der Waals surface area contributed by atoms with Crippen LogP contribution in [0, 0.1) is 5.92 Å². The van der Waals surface area contributed by atoms with Gasteiger partial charge in [0.15, 0.2) is 0 Å². The second-order valence-electron chi connectivity index (χ2n) is 5.53. The van der Waals surface area contributed by atoms with E-state index in [0.717, 1.165) is 11.3 Å². The molecule has 104 valence electrons. The molecule has 2 aromatic carbocycles. The first-order valence-electron chi connectivity index (χ1n) is 7.36. The highest BCUT2D eigenvalue weighted by Crippen LogP contribution is 2.39. The zero-order chi connectivity index (χ0) is 13.8. The van der Waals surface area contributed by atoms with Gasteiger partial charge in [0.1, 0.15) is 12.4 Å². The van der Waals surface area contributed by atoms with Gasteiger partial charge in [-0.25, -0.2) is 0 Å². The van der Waals surface area contributed by atoms with Crippen LogP contribution in [0.25, 0.3) is 0 Å². The third kappa shape index (κ3) is 2.86. The molecular weight excluding hydrogens is 246 g/mol. The Morgan fingerprint density at radius 2 is 1.70 bits per heavy atom. The lowest BCUT2D eigenvalue weighted by Crippen LogP contribution is -2.27. The molecule has 0 bridgehead atoms. The number of rotatable bonds is 5. The van der Waals surface area contributed by atoms with Gasteiger partial charge in [-0.15, -0.1) is 0 Å². The van der Waals surface area contributed by atoms with E-state index in [1.807, 2.05) is 36.4 Å². The van der Waals surface area contributed by atoms with Crippen LogP contribution < -0.4 is 10.5 Å². The van der Waals surface area contributed by atoms with E-state index < -0.39 is 0 Å². The van der Waals surface area contributed by atoms with Gasteiger partial charge in [-0.3, -0.25) is 0 Å². The molecule has 2 N–H and O–H groups in total. The fourth-order valence-electron chi connectivity index (χ4n) is 2.68. The maximum absolute atomic E-state index is 6.39. The fraction of sp³-hybridized carbons (Fsp3) is 0.333. The van der Waals surface area contributed by atoms with Gasteiger partial charge in [0.2, 0.25) is 0 Å². The lowest BCUT2D eigenvalue weighted by molar-refractivity contribution is 0.251. The molecule has 3 rings (SSSR count). The summed E-state index contributed by atoms with van der Waals surface area (Å²) in [5, 5.41) is 0. The topological polar surface area (TPSA) is 35.2 Å². The summed E-state index contributed by atoms with van der Waals surface area (Å²) in [6.07, 6.45) is 3.80. The molecule has 1 aliphatic carbocycles. The molecule has 0 aliphatic heterocycles. The number of benzene rings is 2. The number of ether oxygens (including phenoxy) is 1. The first-order valence-corrected chi connectivity index (χ1v) is 7.36. The van der Waals surface area contributed by atoms with Crippen molar-refractivity contribution < 1.29 is 4.74 Å². The van der Waals surface area contributed by atoms with Crippen LogP contribution in [0.15, 0.2) is 54.6 Å². The van der Waals surface area contributed by atoms with Gasteiger partial charge in [0, 0.05) is 11.6 Å². The van der Waals surface area contributed by atoms with Gasteiger partial charge in [0.05, 0.1) is 0 Å². The molecule has 2 aromatic rings. The number of hydrogen-bond donors (Lipinski definition) is 1. The number of hydrogen-bond acceptors (Lipinski definition) is 2. The summed E-state index contributed by atoms with van der Waals surface area (Å²) in [6.45, 7) is 0.592. The van der Waals surface area contributed by atoms with Gasteiger partial charge < -0.3 is 10.5 Å². The van der Waals surface area contributed by atoms with Crippen LogP contribution in [0.3, 0.4) is 0 Å². The van der Waals surface area contributed by atoms with Crippen molar-refractivity contribution in [1.29, 1.82) is 0 Å². The van der Waals surface area contributed by atoms with E-state index >= 15 is 0 Å². The Morgan fingerprint density at radius 3 is 2.40 bits per heavy atom. The predicted molar refractivity (Wildman–Crippen MR) is 81.5 cm³/mol. The first-order chi connectivity index (χ1) is 9.84. The molecule has 1 saturated carbocycles. The molecule has 0 heterocycles. The van der Waals surface area contributed by atoms with Crippen LogP contribution in [0.2, 0.25) is 0 Å². The maximum atomic E-state index is 6.39. The Balaban J connectivity index is 1.72. The lowest BCUT2D eigenvalue weighted by Gasteiger charge is -2.32. The zero-order valence-electron chi connectivity index (χ0n) is 11.7. The van der Waals surface area contributed by atoms with E-state index in [1.165, 1.54) is 24.8 Å². The molecule has 2 heteroatoms. The van der Waals surface area contributed by atoms with Crippen molar-refractivity contribution in [2.75, 3.05) is 0 Å². The van der Waals surface area contributed by atoms with Crippen LogP contribution in [0.1, 0.15) is 36.4 Å². The summed E-state index contributed by atoms with van der Waals surface area (Å²) in [7, 11) is 0. The monoisotopic (exact) mass is 267 g/mol. The summed E-state index contributed by atoms with van der Waals surface area (Å²) >= 11 is 0. The van der Waals surface area contributed by atoms with Gasteiger partial charge >= 0.3 is 0 Å². The summed E-state index contributed by atoms with van der Waals surface area (Å²) < 4.78 is 5.98. The second kappa shape index (κ2) is 6.10. The molecule has 0 aromatic heterocycles. The van der Waals surface area contributed by atoms with E-state index in [2.05, 4.69) is 18.2 Å². The smallest absolute Gasteiger partial charge is 0.124 e. The highest BCUT2D eigenvalue weighted by atomic mass is 16.5. The maximum Gasteiger partial charge on any atom is 0.124 e. The number of nitrogens with two attached hydrogens (primary N) is 1. The molecule has 0 radical (unpaired) electrons. The Morgan fingerprint density at radius 1 is 1.00 bits per heavy atom. The van der Waals surface area contributed by atoms with Gasteiger partial charge in [-0.05, 0) is 30.4 Å². The van der Waals surface area contributed by atoms with Crippen molar-refractivity contribution in [2.24, 2.45) is 11.7 Å². The molecule has 1 aliphatic rings. The van der Waals surface area contributed by atoms with Crippen molar-refractivity contribution in [3.8, 4) is 5.75 Å². The van der Waals surface area contributed by atoms with E-state index in [9.17, 15) is 0 Å². The molecule has 0 amide bonds. The minimum absolute atomic E-state index is 0.107. The van der Waals surface area contributed by atoms with Crippen molar-refractivity contribution in [3.63, 3.8) is 0 Å². The van der Waals surface area contributed by atoms with E-state index in [0.29, 0.717) is 12.5 Å². The van der Waals surface area contributed by atoms with Gasteiger partial charge in [0.25, 0.3) is 0 Å². The molecule has 0 unspecified atom stereocenters. The Hall–Kier alpha value is -1.80. The largest absolute Gasteiger partial charge is 0.489 e. The van der Waals surface area contributed by atoms with Crippen LogP contribution in [-0.2, 0) is 6.61 Å². The fourth-order valence-corrected chi connectivity index (χ4v) is 2.68. The average Bonchev–Trinajstić information content (AvgIpc) is 2.45. The van der Waals surface area contributed by atoms with Crippen molar-refractivity contribution in [1.82, 2.24) is 0 Å². The SMILES string of the molecule is N[C@H](c1ccccc1OCc1ccccc1)C1CCC1. The molecule has 0 spiro atoms. The number of para-hydroxylation sites is 1. The third-order valence-electron chi connectivity index (χ3n) is 4.17. The minimum Gasteiger partial charge on any atom is -0.489 e. The highest BCUT2D eigenvalue weighted by Gasteiger charge is 2.27. The molecule has 1 atom stereocenters. The Labute approximate surface area is 120 Å². The van der Waals surface area contributed by atoms with Crippen LogP contribution in [-0.4, -0.2) is 0 Å². The normalized spacial score (nSPS) is 16.4. The summed E-state index contributed by atoms with van der Waals surface area (Å²) in [4.78, 5) is 0. The summed E-state index contributed by atoms with van der Waals surface area (Å²) in [6, 6.07) is 18.5. The second-order valence-corrected chi connectivity index (χ2v) is 5.53. The Bertz CT molecular complexity index is 548. The van der Waals surface area contributed by atoms with Gasteiger partial charge in [-0.2, -0.15) is 0 Å². The van der Waals surface area contributed by atoms with E-state index in [-0.39, 0.29) is 6.04 Å². The molecule has 20 heavy (non-hydrogen) atoms. The van der Waals surface area contributed by atoms with Crippen molar-refractivity contribution >= 4 is 0 Å².